The van der Waals surface area contributed by atoms with Gasteiger partial charge in [0, 0.05) is 11.3 Å². The third-order valence-corrected chi connectivity index (χ3v) is 3.17. The number of ether oxygens (including phenoxy) is 1. The molecule has 1 amide bonds. The fourth-order valence-electron chi connectivity index (χ4n) is 1.41. The van der Waals surface area contributed by atoms with Crippen molar-refractivity contribution in [1.29, 1.82) is 0 Å². The molecule has 1 aromatic carbocycles. The zero-order valence-electron chi connectivity index (χ0n) is 10.8. The summed E-state index contributed by atoms with van der Waals surface area (Å²) in [5.41, 5.74) is 4.06. The maximum absolute atomic E-state index is 11.9. The second-order valence-electron chi connectivity index (χ2n) is 3.68. The molecule has 0 heterocycles. The molecule has 1 N–H and O–H groups in total. The van der Waals surface area contributed by atoms with Crippen molar-refractivity contribution < 1.29 is 9.53 Å². The first-order valence-electron chi connectivity index (χ1n) is 5.81. The molecular weight excluding hydrogens is 296 g/mol. The number of carbonyl (C=O) groups excluding carboxylic acids is 1. The summed E-state index contributed by atoms with van der Waals surface area (Å²) in [5.74, 6) is 0.468. The van der Waals surface area contributed by atoms with Gasteiger partial charge in [-0.3, -0.25) is 4.79 Å². The van der Waals surface area contributed by atoms with Gasteiger partial charge in [-0.1, -0.05) is 13.8 Å². The standard InChI is InChI=1S/C13H17BrN2O2/c1-4-10(5-2)15-16-13(17)9-6-7-12(18-3)11(14)8-9/h6-8H,4-5H2,1-3H3,(H,16,17). The predicted molar refractivity (Wildman–Crippen MR) is 76.2 cm³/mol. The van der Waals surface area contributed by atoms with E-state index in [1.54, 1.807) is 25.3 Å². The third-order valence-electron chi connectivity index (χ3n) is 2.55. The molecule has 0 spiro atoms. The van der Waals surface area contributed by atoms with E-state index in [0.717, 1.165) is 23.0 Å². The van der Waals surface area contributed by atoms with Crippen LogP contribution < -0.4 is 10.2 Å². The summed E-state index contributed by atoms with van der Waals surface area (Å²) in [6, 6.07) is 5.15. The van der Waals surface area contributed by atoms with Crippen LogP contribution in [0, 0.1) is 0 Å². The number of halogens is 1. The minimum Gasteiger partial charge on any atom is -0.496 e. The van der Waals surface area contributed by atoms with Gasteiger partial charge in [0.15, 0.2) is 0 Å². The van der Waals surface area contributed by atoms with Crippen LogP contribution in [0.3, 0.4) is 0 Å². The van der Waals surface area contributed by atoms with Gasteiger partial charge in [-0.2, -0.15) is 5.10 Å². The average molecular weight is 313 g/mol. The lowest BCUT2D eigenvalue weighted by Crippen LogP contribution is -2.19. The first-order valence-corrected chi connectivity index (χ1v) is 6.61. The van der Waals surface area contributed by atoms with Gasteiger partial charge in [-0.15, -0.1) is 0 Å². The van der Waals surface area contributed by atoms with Crippen molar-refractivity contribution in [2.75, 3.05) is 7.11 Å². The van der Waals surface area contributed by atoms with Crippen molar-refractivity contribution in [1.82, 2.24) is 5.43 Å². The van der Waals surface area contributed by atoms with Crippen LogP contribution in [0.25, 0.3) is 0 Å². The summed E-state index contributed by atoms with van der Waals surface area (Å²) in [7, 11) is 1.58. The first-order chi connectivity index (χ1) is 8.62. The van der Waals surface area contributed by atoms with Gasteiger partial charge >= 0.3 is 0 Å². The lowest BCUT2D eigenvalue weighted by atomic mass is 10.2. The number of methoxy groups -OCH3 is 1. The zero-order chi connectivity index (χ0) is 13.5. The zero-order valence-corrected chi connectivity index (χ0v) is 12.4. The Morgan fingerprint density at radius 2 is 2.06 bits per heavy atom. The van der Waals surface area contributed by atoms with E-state index in [2.05, 4.69) is 26.5 Å². The lowest BCUT2D eigenvalue weighted by molar-refractivity contribution is 0.0954. The summed E-state index contributed by atoms with van der Waals surface area (Å²) >= 11 is 3.34. The fraction of sp³-hybridized carbons (Fsp3) is 0.385. The van der Waals surface area contributed by atoms with Crippen molar-refractivity contribution in [2.45, 2.75) is 26.7 Å². The molecule has 18 heavy (non-hydrogen) atoms. The minimum absolute atomic E-state index is 0.224. The Kier molecular flexibility index (Phi) is 5.85. The third kappa shape index (κ3) is 3.84. The smallest absolute Gasteiger partial charge is 0.271 e. The van der Waals surface area contributed by atoms with Crippen molar-refractivity contribution in [3.63, 3.8) is 0 Å². The molecule has 5 heteroatoms. The van der Waals surface area contributed by atoms with Crippen molar-refractivity contribution in [3.8, 4) is 5.75 Å². The second-order valence-corrected chi connectivity index (χ2v) is 4.53. The number of amides is 1. The summed E-state index contributed by atoms with van der Waals surface area (Å²) < 4.78 is 5.85. The molecular formula is C13H17BrN2O2. The number of hydrogen-bond donors (Lipinski definition) is 1. The molecule has 0 aliphatic rings. The first kappa shape index (κ1) is 14.7. The van der Waals surface area contributed by atoms with Crippen LogP contribution in [0.15, 0.2) is 27.8 Å². The van der Waals surface area contributed by atoms with Gasteiger partial charge in [-0.05, 0) is 47.0 Å². The predicted octanol–water partition coefficient (Wildman–Crippen LogP) is 3.36. The second kappa shape index (κ2) is 7.16. The highest BCUT2D eigenvalue weighted by Gasteiger charge is 2.08. The van der Waals surface area contributed by atoms with E-state index in [4.69, 9.17) is 4.74 Å². The van der Waals surface area contributed by atoms with Crippen LogP contribution >= 0.6 is 15.9 Å². The minimum atomic E-state index is -0.224. The van der Waals surface area contributed by atoms with E-state index in [0.29, 0.717) is 11.3 Å². The van der Waals surface area contributed by atoms with Crippen molar-refractivity contribution in [2.24, 2.45) is 5.10 Å². The van der Waals surface area contributed by atoms with Crippen LogP contribution in [0.1, 0.15) is 37.0 Å². The Hall–Kier alpha value is -1.36. The number of rotatable bonds is 5. The molecule has 0 saturated heterocycles. The summed E-state index contributed by atoms with van der Waals surface area (Å²) in [5, 5.41) is 4.08. The van der Waals surface area contributed by atoms with Gasteiger partial charge < -0.3 is 4.74 Å². The molecule has 0 saturated carbocycles. The SMILES string of the molecule is CCC(CC)=NNC(=O)c1ccc(OC)c(Br)c1. The molecule has 0 radical (unpaired) electrons. The number of hydrogen-bond acceptors (Lipinski definition) is 3. The van der Waals surface area contributed by atoms with Gasteiger partial charge in [-0.25, -0.2) is 5.43 Å². The van der Waals surface area contributed by atoms with Gasteiger partial charge in [0.2, 0.25) is 0 Å². The van der Waals surface area contributed by atoms with Crippen molar-refractivity contribution in [3.05, 3.63) is 28.2 Å². The molecule has 1 aromatic rings. The molecule has 0 bridgehead atoms. The fourth-order valence-corrected chi connectivity index (χ4v) is 1.95. The van der Waals surface area contributed by atoms with E-state index >= 15 is 0 Å². The maximum atomic E-state index is 11.9. The molecule has 98 valence electrons. The highest BCUT2D eigenvalue weighted by molar-refractivity contribution is 9.10. The summed E-state index contributed by atoms with van der Waals surface area (Å²) in [6.07, 6.45) is 1.67. The Balaban J connectivity index is 2.79. The molecule has 0 fully saturated rings. The molecule has 0 aliphatic carbocycles. The van der Waals surface area contributed by atoms with Crippen LogP contribution in [0.2, 0.25) is 0 Å². The number of carbonyl (C=O) groups is 1. The normalized spacial score (nSPS) is 9.78. The Morgan fingerprint density at radius 1 is 1.39 bits per heavy atom. The van der Waals surface area contributed by atoms with Gasteiger partial charge in [0.1, 0.15) is 5.75 Å². The summed E-state index contributed by atoms with van der Waals surface area (Å²) in [6.45, 7) is 4.02. The maximum Gasteiger partial charge on any atom is 0.271 e. The molecule has 0 aromatic heterocycles. The van der Waals surface area contributed by atoms with Gasteiger partial charge in [0.25, 0.3) is 5.91 Å². The van der Waals surface area contributed by atoms with E-state index in [1.165, 1.54) is 0 Å². The molecule has 4 nitrogen and oxygen atoms in total. The number of hydrazone groups is 1. The Bertz CT molecular complexity index is 452. The monoisotopic (exact) mass is 312 g/mol. The topological polar surface area (TPSA) is 50.7 Å². The summed E-state index contributed by atoms with van der Waals surface area (Å²) in [4.78, 5) is 11.9. The van der Waals surface area contributed by atoms with Crippen LogP contribution in [0.4, 0.5) is 0 Å². The number of nitrogens with one attached hydrogen (secondary N) is 1. The van der Waals surface area contributed by atoms with Gasteiger partial charge in [0.05, 0.1) is 11.6 Å². The van der Waals surface area contributed by atoms with E-state index in [-0.39, 0.29) is 5.91 Å². The number of nitrogens with zero attached hydrogens (tertiary/aromatic N) is 1. The Labute approximate surface area is 116 Å². The highest BCUT2D eigenvalue weighted by atomic mass is 79.9. The highest BCUT2D eigenvalue weighted by Crippen LogP contribution is 2.25. The van der Waals surface area contributed by atoms with E-state index in [9.17, 15) is 4.79 Å². The average Bonchev–Trinajstić information content (AvgIpc) is 2.39. The Morgan fingerprint density at radius 3 is 2.56 bits per heavy atom. The largest absolute Gasteiger partial charge is 0.496 e. The molecule has 1 rings (SSSR count). The van der Waals surface area contributed by atoms with Crippen LogP contribution in [0.5, 0.6) is 5.75 Å². The van der Waals surface area contributed by atoms with Crippen molar-refractivity contribution >= 4 is 27.5 Å². The number of benzene rings is 1. The van der Waals surface area contributed by atoms with E-state index < -0.39 is 0 Å². The lowest BCUT2D eigenvalue weighted by Gasteiger charge is -2.06. The molecule has 0 atom stereocenters. The molecule has 0 unspecified atom stereocenters. The van der Waals surface area contributed by atoms with Crippen LogP contribution in [-0.2, 0) is 0 Å². The quantitative estimate of drug-likeness (QED) is 0.669. The van der Waals surface area contributed by atoms with Crippen LogP contribution in [-0.4, -0.2) is 18.7 Å². The molecule has 0 aliphatic heterocycles. The van der Waals surface area contributed by atoms with E-state index in [1.807, 2.05) is 13.8 Å².